The third kappa shape index (κ3) is 2.51. The Kier molecular flexibility index (Phi) is 3.66. The van der Waals surface area contributed by atoms with E-state index < -0.39 is 17.6 Å². The predicted octanol–water partition coefficient (Wildman–Crippen LogP) is 4.40. The van der Waals surface area contributed by atoms with Crippen LogP contribution in [0.5, 0.6) is 0 Å². The minimum atomic E-state index is -1.23. The van der Waals surface area contributed by atoms with Gasteiger partial charge in [-0.05, 0) is 41.1 Å². The average molecular weight is 327 g/mol. The van der Waals surface area contributed by atoms with Crippen LogP contribution in [0.2, 0.25) is 0 Å². The van der Waals surface area contributed by atoms with Crippen molar-refractivity contribution in [1.82, 2.24) is 0 Å². The molecule has 0 atom stereocenters. The van der Waals surface area contributed by atoms with Crippen molar-refractivity contribution in [2.45, 2.75) is 6.92 Å². The molecular formula is C14H9BrF2O2. The summed E-state index contributed by atoms with van der Waals surface area (Å²) in [5.74, 6) is -2.84. The second-order valence-electron chi connectivity index (χ2n) is 4.07. The van der Waals surface area contributed by atoms with Crippen LogP contribution in [0.25, 0.3) is 11.1 Å². The van der Waals surface area contributed by atoms with Crippen molar-refractivity contribution in [1.29, 1.82) is 0 Å². The number of halogens is 3. The number of carboxylic acids is 1. The highest BCUT2D eigenvalue weighted by molar-refractivity contribution is 9.10. The van der Waals surface area contributed by atoms with E-state index in [-0.39, 0.29) is 21.2 Å². The third-order valence-electron chi connectivity index (χ3n) is 2.72. The molecule has 5 heteroatoms. The maximum absolute atomic E-state index is 14.0. The van der Waals surface area contributed by atoms with Crippen LogP contribution in [0.3, 0.4) is 0 Å². The van der Waals surface area contributed by atoms with Crippen molar-refractivity contribution < 1.29 is 18.7 Å². The predicted molar refractivity (Wildman–Crippen MR) is 71.2 cm³/mol. The second-order valence-corrected chi connectivity index (χ2v) is 4.93. The van der Waals surface area contributed by atoms with Gasteiger partial charge in [0.05, 0.1) is 15.6 Å². The Morgan fingerprint density at radius 3 is 2.53 bits per heavy atom. The monoisotopic (exact) mass is 326 g/mol. The number of carboxylic acid groups (broad SMARTS) is 1. The molecule has 0 saturated heterocycles. The van der Waals surface area contributed by atoms with E-state index in [4.69, 9.17) is 5.11 Å². The van der Waals surface area contributed by atoms with Crippen LogP contribution in [0, 0.1) is 18.6 Å². The molecule has 98 valence electrons. The lowest BCUT2D eigenvalue weighted by Crippen LogP contribution is -2.02. The number of benzene rings is 2. The van der Waals surface area contributed by atoms with Gasteiger partial charge in [0.15, 0.2) is 0 Å². The molecule has 0 spiro atoms. The molecule has 2 aromatic carbocycles. The van der Waals surface area contributed by atoms with Gasteiger partial charge in [0.25, 0.3) is 0 Å². The molecule has 0 fully saturated rings. The molecule has 0 aliphatic heterocycles. The van der Waals surface area contributed by atoms with Crippen LogP contribution in [0.15, 0.2) is 34.8 Å². The Hall–Kier alpha value is -1.75. The number of hydrogen-bond acceptors (Lipinski definition) is 1. The van der Waals surface area contributed by atoms with E-state index >= 15 is 0 Å². The zero-order valence-electron chi connectivity index (χ0n) is 9.88. The largest absolute Gasteiger partial charge is 0.478 e. The lowest BCUT2D eigenvalue weighted by molar-refractivity contribution is 0.0697. The topological polar surface area (TPSA) is 37.3 Å². The molecule has 0 unspecified atom stereocenters. The van der Waals surface area contributed by atoms with Gasteiger partial charge in [-0.25, -0.2) is 13.6 Å². The van der Waals surface area contributed by atoms with Crippen LogP contribution >= 0.6 is 15.9 Å². The normalized spacial score (nSPS) is 10.5. The van der Waals surface area contributed by atoms with Crippen molar-refractivity contribution >= 4 is 21.9 Å². The van der Waals surface area contributed by atoms with Gasteiger partial charge in [-0.3, -0.25) is 0 Å². The van der Waals surface area contributed by atoms with Gasteiger partial charge in [-0.15, -0.1) is 0 Å². The Labute approximate surface area is 116 Å². The Balaban J connectivity index is 2.82. The summed E-state index contributed by atoms with van der Waals surface area (Å²) in [4.78, 5) is 11.2. The SMILES string of the molecule is Cc1ccc(C(=O)O)c(-c2c(F)ccc(Br)c2F)c1. The Bertz CT molecular complexity index is 669. The Morgan fingerprint density at radius 2 is 1.89 bits per heavy atom. The number of rotatable bonds is 2. The van der Waals surface area contributed by atoms with Crippen molar-refractivity contribution in [2.75, 3.05) is 0 Å². The summed E-state index contributed by atoms with van der Waals surface area (Å²) in [7, 11) is 0. The fourth-order valence-corrected chi connectivity index (χ4v) is 2.16. The molecule has 2 aromatic rings. The minimum absolute atomic E-state index is 0.0313. The van der Waals surface area contributed by atoms with Crippen LogP contribution in [0.1, 0.15) is 15.9 Å². The van der Waals surface area contributed by atoms with Crippen molar-refractivity contribution in [2.24, 2.45) is 0 Å². The maximum Gasteiger partial charge on any atom is 0.336 e. The van der Waals surface area contributed by atoms with E-state index in [2.05, 4.69) is 15.9 Å². The first kappa shape index (κ1) is 13.7. The first-order chi connectivity index (χ1) is 8.91. The number of aromatic carboxylic acids is 1. The van der Waals surface area contributed by atoms with E-state index in [0.29, 0.717) is 0 Å². The summed E-state index contributed by atoms with van der Waals surface area (Å²) in [6.07, 6.45) is 0. The highest BCUT2D eigenvalue weighted by atomic mass is 79.9. The molecule has 0 saturated carbocycles. The van der Waals surface area contributed by atoms with Crippen LogP contribution in [0.4, 0.5) is 8.78 Å². The van der Waals surface area contributed by atoms with Gasteiger partial charge in [0.1, 0.15) is 11.6 Å². The van der Waals surface area contributed by atoms with Crippen LogP contribution in [-0.4, -0.2) is 11.1 Å². The quantitative estimate of drug-likeness (QED) is 0.830. The van der Waals surface area contributed by atoms with E-state index in [1.54, 1.807) is 13.0 Å². The van der Waals surface area contributed by atoms with Gasteiger partial charge in [0, 0.05) is 5.56 Å². The minimum Gasteiger partial charge on any atom is -0.478 e. The Morgan fingerprint density at radius 1 is 1.21 bits per heavy atom. The zero-order valence-corrected chi connectivity index (χ0v) is 11.5. The third-order valence-corrected chi connectivity index (χ3v) is 3.33. The first-order valence-electron chi connectivity index (χ1n) is 5.39. The zero-order chi connectivity index (χ0) is 14.2. The first-order valence-corrected chi connectivity index (χ1v) is 6.19. The standard InChI is InChI=1S/C14H9BrF2O2/c1-7-2-3-8(14(18)19)9(6-7)12-11(16)5-4-10(15)13(12)17/h2-6H,1H3,(H,18,19). The van der Waals surface area contributed by atoms with Crippen molar-refractivity contribution in [3.05, 3.63) is 57.6 Å². The summed E-state index contributed by atoms with van der Waals surface area (Å²) in [6.45, 7) is 1.73. The number of carbonyl (C=O) groups is 1. The summed E-state index contributed by atoms with van der Waals surface area (Å²) in [5.41, 5.74) is 0.277. The van der Waals surface area contributed by atoms with E-state index in [1.165, 1.54) is 18.2 Å². The molecule has 0 radical (unpaired) electrons. The van der Waals surface area contributed by atoms with Crippen molar-refractivity contribution in [3.8, 4) is 11.1 Å². The average Bonchev–Trinajstić information content (AvgIpc) is 2.34. The fourth-order valence-electron chi connectivity index (χ4n) is 1.83. The number of hydrogen-bond donors (Lipinski definition) is 1. The second kappa shape index (κ2) is 5.09. The van der Waals surface area contributed by atoms with Crippen LogP contribution < -0.4 is 0 Å². The van der Waals surface area contributed by atoms with Crippen LogP contribution in [-0.2, 0) is 0 Å². The van der Waals surface area contributed by atoms with Gasteiger partial charge < -0.3 is 5.11 Å². The summed E-state index contributed by atoms with van der Waals surface area (Å²) in [5, 5.41) is 9.11. The fraction of sp³-hybridized carbons (Fsp3) is 0.0714. The highest BCUT2D eigenvalue weighted by Crippen LogP contribution is 2.33. The summed E-state index contributed by atoms with van der Waals surface area (Å²) < 4.78 is 28.0. The molecule has 0 amide bonds. The molecule has 19 heavy (non-hydrogen) atoms. The summed E-state index contributed by atoms with van der Waals surface area (Å²) >= 11 is 2.97. The molecule has 1 N–H and O–H groups in total. The van der Waals surface area contributed by atoms with Crippen molar-refractivity contribution in [3.63, 3.8) is 0 Å². The maximum atomic E-state index is 14.0. The molecule has 0 aromatic heterocycles. The highest BCUT2D eigenvalue weighted by Gasteiger charge is 2.20. The van der Waals surface area contributed by atoms with E-state index in [0.717, 1.165) is 11.6 Å². The van der Waals surface area contributed by atoms with Gasteiger partial charge in [-0.1, -0.05) is 17.7 Å². The molecule has 0 aliphatic rings. The molecular weight excluding hydrogens is 318 g/mol. The molecule has 2 rings (SSSR count). The van der Waals surface area contributed by atoms with Gasteiger partial charge >= 0.3 is 5.97 Å². The molecule has 0 bridgehead atoms. The van der Waals surface area contributed by atoms with E-state index in [9.17, 15) is 13.6 Å². The molecule has 0 heterocycles. The number of aryl methyl sites for hydroxylation is 1. The lowest BCUT2D eigenvalue weighted by Gasteiger charge is -2.10. The lowest BCUT2D eigenvalue weighted by atomic mass is 9.97. The van der Waals surface area contributed by atoms with E-state index in [1.807, 2.05) is 0 Å². The van der Waals surface area contributed by atoms with Gasteiger partial charge in [-0.2, -0.15) is 0 Å². The molecule has 2 nitrogen and oxygen atoms in total. The summed E-state index contributed by atoms with van der Waals surface area (Å²) in [6, 6.07) is 6.71. The smallest absolute Gasteiger partial charge is 0.336 e. The molecule has 0 aliphatic carbocycles. The van der Waals surface area contributed by atoms with Gasteiger partial charge in [0.2, 0.25) is 0 Å².